The number of rotatable bonds is 6. The number of carbonyl (C=O) groups is 2. The largest absolute Gasteiger partial charge is 0.488 e. The summed E-state index contributed by atoms with van der Waals surface area (Å²) >= 11 is 1.03. The molecule has 0 saturated heterocycles. The second kappa shape index (κ2) is 6.44. The van der Waals surface area contributed by atoms with Crippen LogP contribution in [0.4, 0.5) is 0 Å². The molecule has 1 rings (SSSR count). The molecule has 0 amide bonds. The third kappa shape index (κ3) is 4.60. The van der Waals surface area contributed by atoms with Crippen molar-refractivity contribution in [2.75, 3.05) is 11.5 Å². The molecule has 7 heteroatoms. The molecule has 5 nitrogen and oxygen atoms in total. The summed E-state index contributed by atoms with van der Waals surface area (Å²) in [6.07, 6.45) is 0. The fourth-order valence-corrected chi connectivity index (χ4v) is 1.78. The minimum atomic E-state index is -1.56. The Morgan fingerprint density at radius 2 is 1.71 bits per heavy atom. The molecule has 1 aromatic carbocycles. The molecule has 0 aromatic heterocycles. The Kier molecular flexibility index (Phi) is 5.21. The van der Waals surface area contributed by atoms with Crippen LogP contribution in [0, 0.1) is 0 Å². The second-order valence-corrected chi connectivity index (χ2v) is 4.29. The number of ketones is 1. The lowest BCUT2D eigenvalue weighted by Crippen LogP contribution is -2.29. The number of hydrogen-bond donors (Lipinski definition) is 3. The average Bonchev–Trinajstić information content (AvgIpc) is 2.28. The normalized spacial score (nSPS) is 10.0. The fraction of sp³-hybridized carbons (Fsp3) is 0.200. The highest BCUT2D eigenvalue weighted by Gasteiger charge is 2.12. The van der Waals surface area contributed by atoms with Gasteiger partial charge in [-0.05, 0) is 5.46 Å². The van der Waals surface area contributed by atoms with Crippen molar-refractivity contribution in [3.8, 4) is 0 Å². The summed E-state index contributed by atoms with van der Waals surface area (Å²) in [6, 6.07) is 5.86. The van der Waals surface area contributed by atoms with Gasteiger partial charge in [-0.25, -0.2) is 0 Å². The van der Waals surface area contributed by atoms with E-state index < -0.39 is 13.1 Å². The Morgan fingerprint density at radius 3 is 2.18 bits per heavy atom. The van der Waals surface area contributed by atoms with Crippen LogP contribution in [0.5, 0.6) is 0 Å². The molecule has 0 heterocycles. The SMILES string of the molecule is O=C(O)CSCC(=O)c1ccc(B(O)O)cc1. The highest BCUT2D eigenvalue weighted by molar-refractivity contribution is 8.00. The number of thioether (sulfide) groups is 1. The van der Waals surface area contributed by atoms with Crippen molar-refractivity contribution >= 4 is 36.1 Å². The zero-order valence-electron chi connectivity index (χ0n) is 8.87. The molecule has 1 aromatic rings. The summed E-state index contributed by atoms with van der Waals surface area (Å²) in [5, 5.41) is 26.1. The summed E-state index contributed by atoms with van der Waals surface area (Å²) in [7, 11) is -1.56. The van der Waals surface area contributed by atoms with Crippen LogP contribution in [0.3, 0.4) is 0 Å². The maximum Gasteiger partial charge on any atom is 0.488 e. The molecule has 0 aliphatic heterocycles. The van der Waals surface area contributed by atoms with E-state index in [1.54, 1.807) is 0 Å². The minimum Gasteiger partial charge on any atom is -0.481 e. The number of hydrogen-bond acceptors (Lipinski definition) is 5. The molecule has 0 aliphatic rings. The third-order valence-electron chi connectivity index (χ3n) is 1.99. The molecule has 0 spiro atoms. The number of carbonyl (C=O) groups excluding carboxylic acids is 1. The van der Waals surface area contributed by atoms with Crippen molar-refractivity contribution in [1.29, 1.82) is 0 Å². The summed E-state index contributed by atoms with van der Waals surface area (Å²) in [6.45, 7) is 0. The van der Waals surface area contributed by atoms with Crippen LogP contribution in [0.25, 0.3) is 0 Å². The first-order valence-corrected chi connectivity index (χ1v) is 5.95. The zero-order chi connectivity index (χ0) is 12.8. The van der Waals surface area contributed by atoms with Crippen LogP contribution < -0.4 is 5.46 Å². The molecule has 0 atom stereocenters. The van der Waals surface area contributed by atoms with Gasteiger partial charge in [0, 0.05) is 5.56 Å². The van der Waals surface area contributed by atoms with Crippen molar-refractivity contribution in [1.82, 2.24) is 0 Å². The monoisotopic (exact) mass is 254 g/mol. The number of carboxylic acid groups (broad SMARTS) is 1. The molecule has 0 fully saturated rings. The van der Waals surface area contributed by atoms with Crippen molar-refractivity contribution in [2.45, 2.75) is 0 Å². The first-order chi connectivity index (χ1) is 8.00. The first-order valence-electron chi connectivity index (χ1n) is 4.79. The van der Waals surface area contributed by atoms with Crippen LogP contribution in [0.2, 0.25) is 0 Å². The van der Waals surface area contributed by atoms with Crippen molar-refractivity contribution in [3.05, 3.63) is 29.8 Å². The van der Waals surface area contributed by atoms with E-state index in [4.69, 9.17) is 15.2 Å². The van der Waals surface area contributed by atoms with Crippen LogP contribution >= 0.6 is 11.8 Å². The van der Waals surface area contributed by atoms with Gasteiger partial charge >= 0.3 is 13.1 Å². The average molecular weight is 254 g/mol. The molecule has 0 aliphatic carbocycles. The number of Topliss-reactive ketones (excluding diaryl/α,β-unsaturated/α-hetero) is 1. The molecule has 0 bridgehead atoms. The smallest absolute Gasteiger partial charge is 0.481 e. The topological polar surface area (TPSA) is 94.8 Å². The van der Waals surface area contributed by atoms with E-state index in [1.165, 1.54) is 24.3 Å². The Morgan fingerprint density at radius 1 is 1.12 bits per heavy atom. The van der Waals surface area contributed by atoms with E-state index >= 15 is 0 Å². The van der Waals surface area contributed by atoms with Gasteiger partial charge < -0.3 is 15.2 Å². The van der Waals surface area contributed by atoms with Crippen LogP contribution in [0.15, 0.2) is 24.3 Å². The van der Waals surface area contributed by atoms with Gasteiger partial charge in [-0.2, -0.15) is 0 Å². The molecule has 0 saturated carbocycles. The van der Waals surface area contributed by atoms with Gasteiger partial charge in [-0.3, -0.25) is 9.59 Å². The van der Waals surface area contributed by atoms with Crippen molar-refractivity contribution in [2.24, 2.45) is 0 Å². The van der Waals surface area contributed by atoms with Gasteiger partial charge in [0.25, 0.3) is 0 Å². The molecule has 90 valence electrons. The van der Waals surface area contributed by atoms with Gasteiger partial charge in [0.2, 0.25) is 0 Å². The van der Waals surface area contributed by atoms with Crippen LogP contribution in [0.1, 0.15) is 10.4 Å². The lowest BCUT2D eigenvalue weighted by molar-refractivity contribution is -0.133. The van der Waals surface area contributed by atoms with Crippen LogP contribution in [-0.4, -0.2) is 45.5 Å². The Balaban J connectivity index is 2.54. The predicted molar refractivity (Wildman–Crippen MR) is 65.6 cm³/mol. The number of benzene rings is 1. The lowest BCUT2D eigenvalue weighted by Gasteiger charge is -2.02. The number of carboxylic acids is 1. The lowest BCUT2D eigenvalue weighted by atomic mass is 9.80. The van der Waals surface area contributed by atoms with Gasteiger partial charge in [0.05, 0.1) is 11.5 Å². The summed E-state index contributed by atoms with van der Waals surface area (Å²) in [5.74, 6) is -1.16. The third-order valence-corrected chi connectivity index (χ3v) is 2.91. The maximum atomic E-state index is 11.6. The van der Waals surface area contributed by atoms with E-state index in [1.807, 2.05) is 0 Å². The Hall–Kier alpha value is -1.31. The highest BCUT2D eigenvalue weighted by atomic mass is 32.2. The minimum absolute atomic E-state index is 0.0906. The predicted octanol–water partition coefficient (Wildman–Crippen LogP) is -0.633. The van der Waals surface area contributed by atoms with E-state index in [2.05, 4.69) is 0 Å². The van der Waals surface area contributed by atoms with Crippen molar-refractivity contribution < 1.29 is 24.7 Å². The van der Waals surface area contributed by atoms with E-state index in [9.17, 15) is 9.59 Å². The van der Waals surface area contributed by atoms with Gasteiger partial charge in [0.15, 0.2) is 5.78 Å². The van der Waals surface area contributed by atoms with E-state index in [-0.39, 0.29) is 17.3 Å². The molecule has 3 N–H and O–H groups in total. The summed E-state index contributed by atoms with van der Waals surface area (Å²) in [4.78, 5) is 21.8. The second-order valence-electron chi connectivity index (χ2n) is 3.31. The Labute approximate surface area is 103 Å². The highest BCUT2D eigenvalue weighted by Crippen LogP contribution is 2.06. The standard InChI is InChI=1S/C10H11BO5S/c12-9(5-17-6-10(13)14)7-1-3-8(4-2-7)11(15)16/h1-4,15-16H,5-6H2,(H,13,14). The summed E-state index contributed by atoms with van der Waals surface area (Å²) < 4.78 is 0. The number of aliphatic carboxylic acids is 1. The molecule has 17 heavy (non-hydrogen) atoms. The van der Waals surface area contributed by atoms with Gasteiger partial charge in [0.1, 0.15) is 0 Å². The molecule has 0 unspecified atom stereocenters. The van der Waals surface area contributed by atoms with Crippen molar-refractivity contribution in [3.63, 3.8) is 0 Å². The first kappa shape index (κ1) is 13.8. The van der Waals surface area contributed by atoms with Gasteiger partial charge in [-0.1, -0.05) is 24.3 Å². The maximum absolute atomic E-state index is 11.6. The quantitative estimate of drug-likeness (QED) is 0.462. The molecule has 0 radical (unpaired) electrons. The van der Waals surface area contributed by atoms with Crippen LogP contribution in [-0.2, 0) is 4.79 Å². The summed E-state index contributed by atoms with van der Waals surface area (Å²) in [5.41, 5.74) is 0.729. The zero-order valence-corrected chi connectivity index (χ0v) is 9.68. The van der Waals surface area contributed by atoms with E-state index in [0.717, 1.165) is 11.8 Å². The van der Waals surface area contributed by atoms with E-state index in [0.29, 0.717) is 11.0 Å². The molecular weight excluding hydrogens is 243 g/mol. The molecular formula is C10H11BO5S. The van der Waals surface area contributed by atoms with Gasteiger partial charge in [-0.15, -0.1) is 11.8 Å². The fourth-order valence-electron chi connectivity index (χ4n) is 1.16. The Bertz CT molecular complexity index is 404.